The largest absolute Gasteiger partial charge is 0.662 e. The zero-order chi connectivity index (χ0) is 10.3. The van der Waals surface area contributed by atoms with Crippen LogP contribution in [-0.4, -0.2) is 13.1 Å². The van der Waals surface area contributed by atoms with E-state index in [2.05, 4.69) is 19.2 Å². The summed E-state index contributed by atoms with van der Waals surface area (Å²) in [4.78, 5) is 0. The molecule has 0 aromatic heterocycles. The van der Waals surface area contributed by atoms with E-state index in [0.717, 1.165) is 24.4 Å². The Bertz CT molecular complexity index is 121. The standard InChI is InChI=1S/C8H14N.C2H6.C2H5.Y/c1-7-6-9-5-4-8(7)2-3-8;2*1-2;/h7H,2-6H2,1H3;1-2H3;1H2,2H3;/q-1;;-1;. The quantitative estimate of drug-likeness (QED) is 0.591. The first-order chi connectivity index (χ1) is 6.33. The van der Waals surface area contributed by atoms with Crippen molar-refractivity contribution in [1.82, 2.24) is 0 Å². The summed E-state index contributed by atoms with van der Waals surface area (Å²) in [5, 5.41) is 4.39. The fraction of sp³-hybridized carbons (Fsp3) is 0.917. The Kier molecular flexibility index (Phi) is 11.6. The van der Waals surface area contributed by atoms with Gasteiger partial charge >= 0.3 is 0 Å². The zero-order valence-electron chi connectivity index (χ0n) is 10.3. The average Bonchev–Trinajstić information content (AvgIpc) is 2.98. The monoisotopic (exact) mass is 272 g/mol. The van der Waals surface area contributed by atoms with Gasteiger partial charge in [-0.05, 0) is 18.3 Å². The summed E-state index contributed by atoms with van der Waals surface area (Å²) in [6, 6.07) is 0. The third-order valence-corrected chi connectivity index (χ3v) is 3.11. The smallest absolute Gasteiger partial charge is 0 e. The number of nitrogens with zero attached hydrogens (tertiary/aromatic N) is 1. The summed E-state index contributed by atoms with van der Waals surface area (Å²) < 4.78 is 0. The molecule has 0 aromatic rings. The van der Waals surface area contributed by atoms with Crippen LogP contribution in [0, 0.1) is 18.3 Å². The normalized spacial score (nSPS) is 25.9. The van der Waals surface area contributed by atoms with Crippen molar-refractivity contribution in [3.63, 3.8) is 0 Å². The molecule has 0 N–H and O–H groups in total. The molecule has 1 saturated carbocycles. The molecule has 0 aromatic carbocycles. The van der Waals surface area contributed by atoms with Crippen LogP contribution in [0.15, 0.2) is 0 Å². The molecule has 1 aliphatic heterocycles. The van der Waals surface area contributed by atoms with E-state index in [4.69, 9.17) is 0 Å². The molecule has 1 nitrogen and oxygen atoms in total. The molecule has 2 rings (SSSR count). The Morgan fingerprint density at radius 3 is 1.93 bits per heavy atom. The summed E-state index contributed by atoms with van der Waals surface area (Å²) in [5.74, 6) is 0.895. The minimum Gasteiger partial charge on any atom is -0.662 e. The number of rotatable bonds is 0. The van der Waals surface area contributed by atoms with Crippen molar-refractivity contribution < 1.29 is 32.7 Å². The van der Waals surface area contributed by atoms with Gasteiger partial charge in [-0.3, -0.25) is 0 Å². The van der Waals surface area contributed by atoms with Gasteiger partial charge in [0.15, 0.2) is 0 Å². The molecule has 1 aliphatic carbocycles. The fourth-order valence-electron chi connectivity index (χ4n) is 1.93. The van der Waals surface area contributed by atoms with E-state index in [-0.39, 0.29) is 32.7 Å². The Morgan fingerprint density at radius 1 is 1.14 bits per heavy atom. The topological polar surface area (TPSA) is 14.1 Å². The van der Waals surface area contributed by atoms with Crippen molar-refractivity contribution in [2.75, 3.05) is 13.1 Å². The van der Waals surface area contributed by atoms with E-state index in [1.54, 1.807) is 6.92 Å². The second kappa shape index (κ2) is 9.30. The van der Waals surface area contributed by atoms with Gasteiger partial charge in [0.05, 0.1) is 0 Å². The van der Waals surface area contributed by atoms with Gasteiger partial charge in [0.1, 0.15) is 0 Å². The van der Waals surface area contributed by atoms with Crippen LogP contribution in [0.2, 0.25) is 0 Å². The molecular weight excluding hydrogens is 247 g/mol. The van der Waals surface area contributed by atoms with E-state index in [1.807, 2.05) is 13.8 Å². The van der Waals surface area contributed by atoms with Crippen LogP contribution >= 0.6 is 0 Å². The van der Waals surface area contributed by atoms with Crippen molar-refractivity contribution in [1.29, 1.82) is 0 Å². The van der Waals surface area contributed by atoms with Crippen LogP contribution in [0.3, 0.4) is 0 Å². The molecule has 2 aliphatic rings. The Labute approximate surface area is 116 Å². The number of hydrogen-bond donors (Lipinski definition) is 0. The molecule has 1 spiro atoms. The molecule has 0 amide bonds. The van der Waals surface area contributed by atoms with Crippen molar-refractivity contribution in [2.24, 2.45) is 11.3 Å². The van der Waals surface area contributed by atoms with E-state index in [0.29, 0.717) is 0 Å². The van der Waals surface area contributed by atoms with Gasteiger partial charge in [0.25, 0.3) is 0 Å². The molecule has 0 bridgehead atoms. The second-order valence-corrected chi connectivity index (χ2v) is 3.64. The molecule has 1 unspecified atom stereocenters. The Hall–Kier alpha value is 1.06. The van der Waals surface area contributed by atoms with Gasteiger partial charge in [0.2, 0.25) is 0 Å². The van der Waals surface area contributed by atoms with Gasteiger partial charge in [0, 0.05) is 32.7 Å². The summed E-state index contributed by atoms with van der Waals surface area (Å²) >= 11 is 0. The van der Waals surface area contributed by atoms with Gasteiger partial charge in [-0.25, -0.2) is 0 Å². The average molecular weight is 272 g/mol. The molecule has 2 fully saturated rings. The van der Waals surface area contributed by atoms with Crippen LogP contribution in [0.1, 0.15) is 47.0 Å². The van der Waals surface area contributed by atoms with E-state index >= 15 is 0 Å². The van der Waals surface area contributed by atoms with Gasteiger partial charge in [-0.15, -0.1) is 13.1 Å². The molecule has 2 heteroatoms. The van der Waals surface area contributed by atoms with Crippen molar-refractivity contribution in [2.45, 2.75) is 47.0 Å². The number of piperidine rings is 1. The van der Waals surface area contributed by atoms with E-state index < -0.39 is 0 Å². The molecule has 1 heterocycles. The summed E-state index contributed by atoms with van der Waals surface area (Å²) in [7, 11) is 0. The van der Waals surface area contributed by atoms with Crippen molar-refractivity contribution in [3.8, 4) is 0 Å². The van der Waals surface area contributed by atoms with Gasteiger partial charge < -0.3 is 12.2 Å². The molecule has 1 radical (unpaired) electrons. The van der Waals surface area contributed by atoms with E-state index in [1.165, 1.54) is 19.3 Å². The van der Waals surface area contributed by atoms with Crippen LogP contribution in [0.4, 0.5) is 0 Å². The van der Waals surface area contributed by atoms with Crippen LogP contribution in [0.5, 0.6) is 0 Å². The van der Waals surface area contributed by atoms with Crippen LogP contribution in [-0.2, 0) is 32.7 Å². The Morgan fingerprint density at radius 2 is 1.64 bits per heavy atom. The third kappa shape index (κ3) is 4.72. The maximum Gasteiger partial charge on any atom is 0 e. The first-order valence-electron chi connectivity index (χ1n) is 5.67. The van der Waals surface area contributed by atoms with Crippen molar-refractivity contribution >= 4 is 0 Å². The molecule has 1 saturated heterocycles. The maximum absolute atomic E-state index is 4.39. The summed E-state index contributed by atoms with van der Waals surface area (Å²) in [6.45, 7) is 13.6. The van der Waals surface area contributed by atoms with Gasteiger partial charge in [-0.2, -0.15) is 6.92 Å². The first-order valence-corrected chi connectivity index (χ1v) is 5.67. The SMILES string of the molecule is CC.CC1C[N-]CCC12CC2.[CH2-]C.[Y]. The van der Waals surface area contributed by atoms with Crippen LogP contribution in [0.25, 0.3) is 5.32 Å². The summed E-state index contributed by atoms with van der Waals surface area (Å²) in [6.07, 6.45) is 4.36. The third-order valence-electron chi connectivity index (χ3n) is 3.11. The molecule has 83 valence electrons. The minimum atomic E-state index is 0. The van der Waals surface area contributed by atoms with E-state index in [9.17, 15) is 0 Å². The molecule has 1 atom stereocenters. The van der Waals surface area contributed by atoms with Crippen molar-refractivity contribution in [3.05, 3.63) is 12.2 Å². The second-order valence-electron chi connectivity index (χ2n) is 3.64. The first kappa shape index (κ1) is 17.5. The van der Waals surface area contributed by atoms with Gasteiger partial charge in [-0.1, -0.05) is 33.1 Å². The minimum absolute atomic E-state index is 0. The predicted octanol–water partition coefficient (Wildman–Crippen LogP) is 4.04. The van der Waals surface area contributed by atoms with Crippen LogP contribution < -0.4 is 0 Å². The maximum atomic E-state index is 4.39. The molecule has 14 heavy (non-hydrogen) atoms. The Balaban J connectivity index is 0. The summed E-state index contributed by atoms with van der Waals surface area (Å²) in [5.41, 5.74) is 0.793. The zero-order valence-corrected chi connectivity index (χ0v) is 13.2. The molecular formula is C12H25NY-2. The predicted molar refractivity (Wildman–Crippen MR) is 60.9 cm³/mol. The fourth-order valence-corrected chi connectivity index (χ4v) is 1.93. The number of hydrogen-bond acceptors (Lipinski definition) is 0.